The van der Waals surface area contributed by atoms with Crippen LogP contribution in [0.1, 0.15) is 18.4 Å². The minimum atomic E-state index is 0.854. The highest BCUT2D eigenvalue weighted by Gasteiger charge is 2.17. The summed E-state index contributed by atoms with van der Waals surface area (Å²) in [7, 11) is 0. The first-order chi connectivity index (χ1) is 5.95. The maximum atomic E-state index is 2.48. The molecule has 0 aliphatic carbocycles. The molecule has 1 heterocycles. The molecule has 1 heteroatoms. The molecule has 1 saturated heterocycles. The number of hydrogen-bond donors (Lipinski definition) is 1. The lowest BCUT2D eigenvalue weighted by Gasteiger charge is -2.05. The van der Waals surface area contributed by atoms with Gasteiger partial charge in [-0.15, -0.1) is 0 Å². The van der Waals surface area contributed by atoms with E-state index in [1.807, 2.05) is 0 Å². The van der Waals surface area contributed by atoms with Crippen molar-refractivity contribution in [3.63, 3.8) is 0 Å². The lowest BCUT2D eigenvalue weighted by molar-refractivity contribution is -0.669. The van der Waals surface area contributed by atoms with Gasteiger partial charge in [0.15, 0.2) is 0 Å². The van der Waals surface area contributed by atoms with Crippen molar-refractivity contribution in [3.05, 3.63) is 35.9 Å². The second-order valence-electron chi connectivity index (χ2n) is 3.62. The van der Waals surface area contributed by atoms with E-state index in [0.29, 0.717) is 0 Å². The average Bonchev–Trinajstić information content (AvgIpc) is 2.59. The maximum Gasteiger partial charge on any atom is 0.0902 e. The molecule has 2 rings (SSSR count). The highest BCUT2D eigenvalue weighted by atomic mass is 14.9. The van der Waals surface area contributed by atoms with E-state index >= 15 is 0 Å². The fourth-order valence-corrected chi connectivity index (χ4v) is 1.95. The molecule has 0 amide bonds. The standard InChI is InChI=1S/C11H15N/c1-2-5-10(6-3-1)9-11-7-4-8-12-11/h1-3,5-6,11-12H,4,7-9H2/p+1/t11-/m1/s1. The van der Waals surface area contributed by atoms with Crippen LogP contribution in [-0.4, -0.2) is 12.6 Å². The summed E-state index contributed by atoms with van der Waals surface area (Å²) < 4.78 is 0. The first-order valence-corrected chi connectivity index (χ1v) is 4.82. The van der Waals surface area contributed by atoms with Gasteiger partial charge in [0.1, 0.15) is 0 Å². The van der Waals surface area contributed by atoms with E-state index in [0.717, 1.165) is 6.04 Å². The Morgan fingerprint density at radius 3 is 2.75 bits per heavy atom. The van der Waals surface area contributed by atoms with Crippen molar-refractivity contribution in [3.8, 4) is 0 Å². The quantitative estimate of drug-likeness (QED) is 0.667. The molecule has 12 heavy (non-hydrogen) atoms. The van der Waals surface area contributed by atoms with Gasteiger partial charge in [0.2, 0.25) is 0 Å². The largest absolute Gasteiger partial charge is 0.344 e. The van der Waals surface area contributed by atoms with Gasteiger partial charge in [0, 0.05) is 19.3 Å². The summed E-state index contributed by atoms with van der Waals surface area (Å²) in [6.45, 7) is 1.33. The molecular formula is C11H16N+. The third-order valence-electron chi connectivity index (χ3n) is 2.62. The Hall–Kier alpha value is -0.820. The van der Waals surface area contributed by atoms with Crippen molar-refractivity contribution in [1.82, 2.24) is 0 Å². The van der Waals surface area contributed by atoms with Crippen molar-refractivity contribution in [2.45, 2.75) is 25.3 Å². The average molecular weight is 162 g/mol. The normalized spacial score (nSPS) is 22.8. The Balaban J connectivity index is 1.94. The molecule has 0 bridgehead atoms. The number of nitrogens with two attached hydrogens (primary N) is 1. The van der Waals surface area contributed by atoms with Crippen LogP contribution in [0.3, 0.4) is 0 Å². The van der Waals surface area contributed by atoms with Crippen molar-refractivity contribution in [2.24, 2.45) is 0 Å². The van der Waals surface area contributed by atoms with Crippen LogP contribution >= 0.6 is 0 Å². The number of quaternary nitrogens is 1. The molecule has 0 spiro atoms. The van der Waals surface area contributed by atoms with E-state index in [2.05, 4.69) is 35.6 Å². The monoisotopic (exact) mass is 162 g/mol. The van der Waals surface area contributed by atoms with Crippen molar-refractivity contribution in [2.75, 3.05) is 6.54 Å². The van der Waals surface area contributed by atoms with Gasteiger partial charge in [-0.1, -0.05) is 30.3 Å². The fraction of sp³-hybridized carbons (Fsp3) is 0.455. The van der Waals surface area contributed by atoms with Crippen LogP contribution in [0.15, 0.2) is 30.3 Å². The van der Waals surface area contributed by atoms with Gasteiger partial charge < -0.3 is 5.32 Å². The third-order valence-corrected chi connectivity index (χ3v) is 2.62. The molecule has 0 unspecified atom stereocenters. The zero-order valence-corrected chi connectivity index (χ0v) is 7.37. The molecule has 1 aliphatic rings. The highest BCUT2D eigenvalue weighted by Crippen LogP contribution is 2.06. The zero-order chi connectivity index (χ0) is 8.23. The van der Waals surface area contributed by atoms with Gasteiger partial charge in [-0.3, -0.25) is 0 Å². The second-order valence-corrected chi connectivity index (χ2v) is 3.62. The number of rotatable bonds is 2. The van der Waals surface area contributed by atoms with Gasteiger partial charge in [0.05, 0.1) is 12.6 Å². The molecule has 0 radical (unpaired) electrons. The summed E-state index contributed by atoms with van der Waals surface area (Å²) in [4.78, 5) is 0. The van der Waals surface area contributed by atoms with Crippen molar-refractivity contribution in [1.29, 1.82) is 0 Å². The van der Waals surface area contributed by atoms with E-state index in [-0.39, 0.29) is 0 Å². The van der Waals surface area contributed by atoms with Gasteiger partial charge in [-0.2, -0.15) is 0 Å². The van der Waals surface area contributed by atoms with E-state index in [1.54, 1.807) is 0 Å². The fourth-order valence-electron chi connectivity index (χ4n) is 1.95. The molecule has 1 fully saturated rings. The third kappa shape index (κ3) is 1.86. The van der Waals surface area contributed by atoms with Crippen LogP contribution in [-0.2, 0) is 6.42 Å². The highest BCUT2D eigenvalue weighted by molar-refractivity contribution is 5.15. The summed E-state index contributed by atoms with van der Waals surface area (Å²) in [5, 5.41) is 2.48. The summed E-state index contributed by atoms with van der Waals surface area (Å²) >= 11 is 0. The Kier molecular flexibility index (Phi) is 2.42. The van der Waals surface area contributed by atoms with Crippen molar-refractivity contribution < 1.29 is 5.32 Å². The summed E-state index contributed by atoms with van der Waals surface area (Å²) in [5.41, 5.74) is 1.49. The van der Waals surface area contributed by atoms with Crippen LogP contribution in [0, 0.1) is 0 Å². The molecule has 1 aliphatic heterocycles. The maximum absolute atomic E-state index is 2.48. The lowest BCUT2D eigenvalue weighted by Crippen LogP contribution is -2.87. The van der Waals surface area contributed by atoms with Gasteiger partial charge in [-0.05, 0) is 5.56 Å². The molecule has 1 aromatic rings. The molecule has 1 atom stereocenters. The van der Waals surface area contributed by atoms with E-state index in [1.165, 1.54) is 31.4 Å². The Morgan fingerprint density at radius 2 is 2.08 bits per heavy atom. The summed E-state index contributed by atoms with van der Waals surface area (Å²) in [6.07, 6.45) is 4.05. The predicted octanol–water partition coefficient (Wildman–Crippen LogP) is 0.955. The topological polar surface area (TPSA) is 16.6 Å². The minimum absolute atomic E-state index is 0.854. The Bertz CT molecular complexity index is 224. The first-order valence-electron chi connectivity index (χ1n) is 4.82. The zero-order valence-electron chi connectivity index (χ0n) is 7.37. The van der Waals surface area contributed by atoms with Crippen molar-refractivity contribution >= 4 is 0 Å². The first kappa shape index (κ1) is 7.81. The minimum Gasteiger partial charge on any atom is -0.344 e. The van der Waals surface area contributed by atoms with Crippen LogP contribution in [0.4, 0.5) is 0 Å². The Labute approximate surface area is 73.8 Å². The molecule has 0 aromatic heterocycles. The van der Waals surface area contributed by atoms with Gasteiger partial charge in [0.25, 0.3) is 0 Å². The molecule has 0 saturated carbocycles. The van der Waals surface area contributed by atoms with Crippen LogP contribution < -0.4 is 5.32 Å². The van der Waals surface area contributed by atoms with Gasteiger partial charge >= 0.3 is 0 Å². The molecule has 1 nitrogen and oxygen atoms in total. The van der Waals surface area contributed by atoms with Crippen LogP contribution in [0.5, 0.6) is 0 Å². The van der Waals surface area contributed by atoms with E-state index < -0.39 is 0 Å². The predicted molar refractivity (Wildman–Crippen MR) is 50.0 cm³/mol. The van der Waals surface area contributed by atoms with Gasteiger partial charge in [-0.25, -0.2) is 0 Å². The van der Waals surface area contributed by atoms with E-state index in [4.69, 9.17) is 0 Å². The summed E-state index contributed by atoms with van der Waals surface area (Å²) in [5.74, 6) is 0. The smallest absolute Gasteiger partial charge is 0.0902 e. The molecular weight excluding hydrogens is 146 g/mol. The van der Waals surface area contributed by atoms with Crippen LogP contribution in [0.25, 0.3) is 0 Å². The van der Waals surface area contributed by atoms with E-state index in [9.17, 15) is 0 Å². The molecule has 1 aromatic carbocycles. The number of benzene rings is 1. The number of hydrogen-bond acceptors (Lipinski definition) is 0. The molecule has 64 valence electrons. The lowest BCUT2D eigenvalue weighted by atomic mass is 10.1. The molecule has 2 N–H and O–H groups in total. The summed E-state index contributed by atoms with van der Waals surface area (Å²) in [6, 6.07) is 11.7. The Morgan fingerprint density at radius 1 is 1.25 bits per heavy atom. The SMILES string of the molecule is c1ccc(C[C@H]2CCC[NH2+]2)cc1. The van der Waals surface area contributed by atoms with Crippen LogP contribution in [0.2, 0.25) is 0 Å². The second kappa shape index (κ2) is 3.72.